The predicted molar refractivity (Wildman–Crippen MR) is 97.5 cm³/mol. The van der Waals surface area contributed by atoms with E-state index in [1.165, 1.54) is 6.20 Å². The molecule has 1 aromatic heterocycles. The molecule has 0 aliphatic heterocycles. The number of pyridine rings is 1. The Morgan fingerprint density at radius 1 is 1.12 bits per heavy atom. The lowest BCUT2D eigenvalue weighted by Gasteiger charge is -2.16. The molecule has 0 radical (unpaired) electrons. The van der Waals surface area contributed by atoms with Crippen molar-refractivity contribution in [1.82, 2.24) is 4.57 Å². The van der Waals surface area contributed by atoms with Crippen LogP contribution >= 0.6 is 15.9 Å². The zero-order valence-electron chi connectivity index (χ0n) is 13.0. The van der Waals surface area contributed by atoms with E-state index in [-0.39, 0.29) is 16.8 Å². The zero-order valence-corrected chi connectivity index (χ0v) is 14.6. The third kappa shape index (κ3) is 2.88. The Morgan fingerprint density at radius 2 is 1.83 bits per heavy atom. The first-order valence-corrected chi connectivity index (χ1v) is 8.22. The maximum atomic E-state index is 11.9. The van der Waals surface area contributed by atoms with Crippen molar-refractivity contribution >= 4 is 15.9 Å². The lowest BCUT2D eigenvalue weighted by Crippen LogP contribution is -2.14. The van der Waals surface area contributed by atoms with Gasteiger partial charge < -0.3 is 14.8 Å². The molecule has 0 saturated carbocycles. The summed E-state index contributed by atoms with van der Waals surface area (Å²) in [6.07, 6.45) is 1.33. The Balaban J connectivity index is 2.24. The van der Waals surface area contributed by atoms with Gasteiger partial charge in [0.25, 0.3) is 0 Å². The Bertz CT molecular complexity index is 949. The van der Waals surface area contributed by atoms with Gasteiger partial charge >= 0.3 is 0 Å². The summed E-state index contributed by atoms with van der Waals surface area (Å²) in [5, 5.41) is 19.5. The van der Waals surface area contributed by atoms with Gasteiger partial charge in [-0.2, -0.15) is 0 Å². The predicted octanol–water partition coefficient (Wildman–Crippen LogP) is 3.77. The summed E-state index contributed by atoms with van der Waals surface area (Å²) in [5.74, 6) is -0.374. The van der Waals surface area contributed by atoms with E-state index in [1.54, 1.807) is 4.57 Å². The van der Waals surface area contributed by atoms with Crippen molar-refractivity contribution in [2.24, 2.45) is 0 Å². The molecule has 0 saturated heterocycles. The van der Waals surface area contributed by atoms with Crippen molar-refractivity contribution in [2.45, 2.75) is 13.5 Å². The summed E-state index contributed by atoms with van der Waals surface area (Å²) < 4.78 is 1.78. The Hall–Kier alpha value is -2.37. The van der Waals surface area contributed by atoms with E-state index in [9.17, 15) is 15.0 Å². The fourth-order valence-corrected chi connectivity index (χ4v) is 3.19. The van der Waals surface area contributed by atoms with Gasteiger partial charge in [0.2, 0.25) is 5.43 Å². The number of aliphatic hydroxyl groups excluding tert-OH is 1. The Labute approximate surface area is 147 Å². The fraction of sp³-hybridized carbons (Fsp3) is 0.105. The molecule has 0 atom stereocenters. The molecule has 0 aliphatic carbocycles. The summed E-state index contributed by atoms with van der Waals surface area (Å²) in [6.45, 7) is 1.70. The average molecular weight is 386 g/mol. The molecule has 4 nitrogen and oxygen atoms in total. The van der Waals surface area contributed by atoms with Crippen LogP contribution in [0.4, 0.5) is 0 Å². The normalized spacial score (nSPS) is 10.8. The minimum absolute atomic E-state index is 0.159. The highest BCUT2D eigenvalue weighted by Gasteiger charge is 2.14. The quantitative estimate of drug-likeness (QED) is 0.721. The van der Waals surface area contributed by atoms with Gasteiger partial charge in [-0.1, -0.05) is 36.4 Å². The first kappa shape index (κ1) is 16.5. The fourth-order valence-electron chi connectivity index (χ4n) is 2.67. The maximum absolute atomic E-state index is 11.9. The molecule has 0 unspecified atom stereocenters. The molecule has 0 aliphatic rings. The Kier molecular flexibility index (Phi) is 4.55. The van der Waals surface area contributed by atoms with Crippen LogP contribution < -0.4 is 5.43 Å². The molecule has 0 bridgehead atoms. The van der Waals surface area contributed by atoms with Gasteiger partial charge in [0.15, 0.2) is 5.75 Å². The molecule has 1 heterocycles. The van der Waals surface area contributed by atoms with Crippen LogP contribution in [0.1, 0.15) is 11.3 Å². The highest BCUT2D eigenvalue weighted by molar-refractivity contribution is 9.10. The van der Waals surface area contributed by atoms with Crippen molar-refractivity contribution in [2.75, 3.05) is 0 Å². The second-order valence-corrected chi connectivity index (χ2v) is 6.29. The highest BCUT2D eigenvalue weighted by atomic mass is 79.9. The monoisotopic (exact) mass is 385 g/mol. The van der Waals surface area contributed by atoms with Gasteiger partial charge in [-0.05, 0) is 51.7 Å². The van der Waals surface area contributed by atoms with E-state index in [2.05, 4.69) is 15.9 Å². The van der Waals surface area contributed by atoms with E-state index < -0.39 is 5.43 Å². The molecule has 24 heavy (non-hydrogen) atoms. The number of benzene rings is 2. The van der Waals surface area contributed by atoms with Crippen molar-refractivity contribution in [3.8, 4) is 22.6 Å². The van der Waals surface area contributed by atoms with Gasteiger partial charge in [-0.25, -0.2) is 0 Å². The summed E-state index contributed by atoms with van der Waals surface area (Å²) in [7, 11) is 0. The van der Waals surface area contributed by atoms with E-state index in [4.69, 9.17) is 0 Å². The summed E-state index contributed by atoms with van der Waals surface area (Å²) >= 11 is 3.16. The number of halogens is 1. The number of aliphatic hydroxyl groups is 1. The van der Waals surface area contributed by atoms with Gasteiger partial charge in [0.1, 0.15) is 0 Å². The summed E-state index contributed by atoms with van der Waals surface area (Å²) in [5.41, 5.74) is 3.84. The van der Waals surface area contributed by atoms with Gasteiger partial charge in [-0.3, -0.25) is 4.79 Å². The molecule has 2 aromatic carbocycles. The average Bonchev–Trinajstić information content (AvgIpc) is 2.60. The van der Waals surface area contributed by atoms with Crippen molar-refractivity contribution < 1.29 is 10.2 Å². The molecule has 0 spiro atoms. The number of aromatic hydroxyl groups is 1. The molecule has 5 heteroatoms. The summed E-state index contributed by atoms with van der Waals surface area (Å²) in [4.78, 5) is 11.9. The van der Waals surface area contributed by atoms with Crippen LogP contribution in [-0.4, -0.2) is 14.8 Å². The van der Waals surface area contributed by atoms with Crippen LogP contribution in [0.2, 0.25) is 0 Å². The van der Waals surface area contributed by atoms with Crippen molar-refractivity contribution in [3.05, 3.63) is 80.7 Å². The maximum Gasteiger partial charge on any atom is 0.237 e. The minimum Gasteiger partial charge on any atom is -0.503 e. The largest absolute Gasteiger partial charge is 0.503 e. The Morgan fingerprint density at radius 3 is 2.50 bits per heavy atom. The lowest BCUT2D eigenvalue weighted by atomic mass is 10.00. The van der Waals surface area contributed by atoms with E-state index >= 15 is 0 Å². The molecule has 3 rings (SSSR count). The topological polar surface area (TPSA) is 62.5 Å². The first-order chi connectivity index (χ1) is 11.5. The number of hydrogen-bond donors (Lipinski definition) is 2. The number of nitrogens with zero attached hydrogens (tertiary/aromatic N) is 1. The van der Waals surface area contributed by atoms with E-state index in [0.717, 1.165) is 22.4 Å². The van der Waals surface area contributed by atoms with Crippen LogP contribution in [0.5, 0.6) is 5.75 Å². The third-order valence-corrected chi connectivity index (χ3v) is 4.78. The minimum atomic E-state index is -0.536. The molecular formula is C19H16BrNO3. The number of aryl methyl sites for hydroxylation is 1. The van der Waals surface area contributed by atoms with Crippen LogP contribution in [0.25, 0.3) is 16.8 Å². The lowest BCUT2D eigenvalue weighted by molar-refractivity contribution is 0.272. The van der Waals surface area contributed by atoms with Crippen LogP contribution in [0.15, 0.2) is 64.0 Å². The number of aromatic nitrogens is 1. The van der Waals surface area contributed by atoms with Crippen molar-refractivity contribution in [1.29, 1.82) is 0 Å². The summed E-state index contributed by atoms with van der Waals surface area (Å²) in [6, 6.07) is 15.8. The van der Waals surface area contributed by atoms with Crippen LogP contribution in [-0.2, 0) is 6.61 Å². The SMILES string of the molecule is Cc1ccc(-n2cc(O)c(=O)c(Br)c2CO)cc1-c1ccccc1. The standard InChI is InChI=1S/C19H16BrNO3/c1-12-7-8-14(9-15(12)13-5-3-2-4-6-13)21-10-17(23)19(24)18(20)16(21)11-22/h2-10,22-23H,11H2,1H3. The van der Waals surface area contributed by atoms with E-state index in [1.807, 2.05) is 55.5 Å². The van der Waals surface area contributed by atoms with Gasteiger partial charge in [-0.15, -0.1) is 0 Å². The second kappa shape index (κ2) is 6.63. The van der Waals surface area contributed by atoms with E-state index in [0.29, 0.717) is 5.69 Å². The zero-order chi connectivity index (χ0) is 17.3. The van der Waals surface area contributed by atoms with Crippen LogP contribution in [0, 0.1) is 6.92 Å². The molecule has 122 valence electrons. The molecule has 0 fully saturated rings. The molecule has 3 aromatic rings. The number of rotatable bonds is 3. The number of hydrogen-bond acceptors (Lipinski definition) is 3. The van der Waals surface area contributed by atoms with Gasteiger partial charge in [0, 0.05) is 5.69 Å². The molecule has 2 N–H and O–H groups in total. The smallest absolute Gasteiger partial charge is 0.237 e. The first-order valence-electron chi connectivity index (χ1n) is 7.43. The second-order valence-electron chi connectivity index (χ2n) is 5.50. The third-order valence-electron chi connectivity index (χ3n) is 3.96. The van der Waals surface area contributed by atoms with Crippen molar-refractivity contribution in [3.63, 3.8) is 0 Å². The van der Waals surface area contributed by atoms with Crippen LogP contribution in [0.3, 0.4) is 0 Å². The van der Waals surface area contributed by atoms with Gasteiger partial charge in [0.05, 0.1) is 23.0 Å². The molecular weight excluding hydrogens is 370 g/mol. The molecule has 0 amide bonds. The highest BCUT2D eigenvalue weighted by Crippen LogP contribution is 2.28.